The van der Waals surface area contributed by atoms with Gasteiger partial charge in [-0.05, 0) is 43.2 Å². The summed E-state index contributed by atoms with van der Waals surface area (Å²) >= 11 is 1.40. The standard InChI is InChI=1S/C18H17N3OS/c1-13-8-9-15(10-14(13)2)17(22)11-23-18-20-19-12-21(18)16-6-4-3-5-7-16/h3-10,12H,11H2,1-2H3. The van der Waals surface area contributed by atoms with E-state index in [-0.39, 0.29) is 5.78 Å². The molecule has 5 heteroatoms. The molecule has 4 nitrogen and oxygen atoms in total. The molecule has 0 fully saturated rings. The van der Waals surface area contributed by atoms with Gasteiger partial charge < -0.3 is 0 Å². The van der Waals surface area contributed by atoms with Crippen LogP contribution < -0.4 is 0 Å². The van der Waals surface area contributed by atoms with E-state index in [2.05, 4.69) is 10.2 Å². The van der Waals surface area contributed by atoms with Crippen molar-refractivity contribution in [3.8, 4) is 5.69 Å². The summed E-state index contributed by atoms with van der Waals surface area (Å²) in [7, 11) is 0. The van der Waals surface area contributed by atoms with E-state index in [1.165, 1.54) is 17.3 Å². The van der Waals surface area contributed by atoms with E-state index in [9.17, 15) is 4.79 Å². The van der Waals surface area contributed by atoms with E-state index in [1.54, 1.807) is 6.33 Å². The van der Waals surface area contributed by atoms with Gasteiger partial charge in [0.05, 0.1) is 5.75 Å². The lowest BCUT2D eigenvalue weighted by molar-refractivity contribution is 0.102. The van der Waals surface area contributed by atoms with Gasteiger partial charge >= 0.3 is 0 Å². The molecule has 0 bridgehead atoms. The second kappa shape index (κ2) is 6.79. The number of hydrogen-bond acceptors (Lipinski definition) is 4. The third kappa shape index (κ3) is 3.51. The number of carbonyl (C=O) groups excluding carboxylic acids is 1. The smallest absolute Gasteiger partial charge is 0.196 e. The summed E-state index contributed by atoms with van der Waals surface area (Å²) in [4.78, 5) is 12.4. The van der Waals surface area contributed by atoms with E-state index < -0.39 is 0 Å². The molecule has 23 heavy (non-hydrogen) atoms. The Bertz CT molecular complexity index is 827. The van der Waals surface area contributed by atoms with Crippen molar-refractivity contribution in [1.82, 2.24) is 14.8 Å². The summed E-state index contributed by atoms with van der Waals surface area (Å²) in [6, 6.07) is 15.7. The Hall–Kier alpha value is -2.40. The van der Waals surface area contributed by atoms with Crippen LogP contribution in [0.1, 0.15) is 21.5 Å². The maximum absolute atomic E-state index is 12.4. The topological polar surface area (TPSA) is 47.8 Å². The Kier molecular flexibility index (Phi) is 4.57. The Labute approximate surface area is 139 Å². The molecule has 2 aromatic carbocycles. The average molecular weight is 323 g/mol. The zero-order chi connectivity index (χ0) is 16.2. The van der Waals surface area contributed by atoms with E-state index in [1.807, 2.05) is 66.9 Å². The van der Waals surface area contributed by atoms with Crippen molar-refractivity contribution in [2.75, 3.05) is 5.75 Å². The highest BCUT2D eigenvalue weighted by atomic mass is 32.2. The van der Waals surface area contributed by atoms with Gasteiger partial charge in [0.2, 0.25) is 0 Å². The molecule has 0 aliphatic carbocycles. The maximum Gasteiger partial charge on any atom is 0.196 e. The van der Waals surface area contributed by atoms with Crippen LogP contribution >= 0.6 is 11.8 Å². The second-order valence-electron chi connectivity index (χ2n) is 5.33. The zero-order valence-corrected chi connectivity index (χ0v) is 13.9. The molecule has 0 saturated heterocycles. The molecule has 0 spiro atoms. The Morgan fingerprint density at radius 3 is 2.61 bits per heavy atom. The predicted octanol–water partition coefficient (Wildman–Crippen LogP) is 3.86. The highest BCUT2D eigenvalue weighted by Gasteiger charge is 2.12. The van der Waals surface area contributed by atoms with Gasteiger partial charge in [0, 0.05) is 11.3 Å². The van der Waals surface area contributed by atoms with Crippen LogP contribution in [0.25, 0.3) is 5.69 Å². The van der Waals surface area contributed by atoms with Crippen LogP contribution in [0.2, 0.25) is 0 Å². The summed E-state index contributed by atoms with van der Waals surface area (Å²) in [5, 5.41) is 8.79. The summed E-state index contributed by atoms with van der Waals surface area (Å²) in [6.07, 6.45) is 1.66. The van der Waals surface area contributed by atoms with Gasteiger partial charge in [-0.1, -0.05) is 42.1 Å². The molecule has 0 atom stereocenters. The summed E-state index contributed by atoms with van der Waals surface area (Å²) in [6.45, 7) is 4.06. The van der Waals surface area contributed by atoms with Crippen molar-refractivity contribution in [1.29, 1.82) is 0 Å². The van der Waals surface area contributed by atoms with Crippen LogP contribution in [-0.2, 0) is 0 Å². The highest BCUT2D eigenvalue weighted by molar-refractivity contribution is 7.99. The van der Waals surface area contributed by atoms with Crippen LogP contribution in [0.3, 0.4) is 0 Å². The lowest BCUT2D eigenvalue weighted by Gasteiger charge is -2.06. The van der Waals surface area contributed by atoms with E-state index in [0.29, 0.717) is 10.9 Å². The average Bonchev–Trinajstić information content (AvgIpc) is 3.04. The third-order valence-electron chi connectivity index (χ3n) is 3.71. The molecule has 0 radical (unpaired) electrons. The number of benzene rings is 2. The molecule has 0 amide bonds. The molecule has 3 rings (SSSR count). The Balaban J connectivity index is 1.73. The number of ketones is 1. The molecule has 1 aromatic heterocycles. The van der Waals surface area contributed by atoms with Gasteiger partial charge in [-0.3, -0.25) is 9.36 Å². The summed E-state index contributed by atoms with van der Waals surface area (Å²) in [5.41, 5.74) is 4.05. The summed E-state index contributed by atoms with van der Waals surface area (Å²) in [5.74, 6) is 0.439. The van der Waals surface area contributed by atoms with Crippen molar-refractivity contribution < 1.29 is 4.79 Å². The number of Topliss-reactive ketones (excluding diaryl/α,β-unsaturated/α-hetero) is 1. The minimum atomic E-state index is 0.0979. The molecular weight excluding hydrogens is 306 g/mol. The first-order valence-electron chi connectivity index (χ1n) is 7.34. The first kappa shape index (κ1) is 15.5. The van der Waals surface area contributed by atoms with Gasteiger partial charge in [0.25, 0.3) is 0 Å². The number of aryl methyl sites for hydroxylation is 2. The molecule has 0 aliphatic heterocycles. The number of hydrogen-bond donors (Lipinski definition) is 0. The van der Waals surface area contributed by atoms with Gasteiger partial charge in [-0.15, -0.1) is 10.2 Å². The van der Waals surface area contributed by atoms with Gasteiger partial charge in [-0.2, -0.15) is 0 Å². The number of nitrogens with zero attached hydrogens (tertiary/aromatic N) is 3. The van der Waals surface area contributed by atoms with E-state index >= 15 is 0 Å². The van der Waals surface area contributed by atoms with Crippen molar-refractivity contribution >= 4 is 17.5 Å². The largest absolute Gasteiger partial charge is 0.293 e. The van der Waals surface area contributed by atoms with Crippen LogP contribution in [0, 0.1) is 13.8 Å². The third-order valence-corrected chi connectivity index (χ3v) is 4.66. The molecule has 0 unspecified atom stereocenters. The van der Waals surface area contributed by atoms with Gasteiger partial charge in [-0.25, -0.2) is 0 Å². The number of para-hydroxylation sites is 1. The molecule has 1 heterocycles. The van der Waals surface area contributed by atoms with E-state index in [0.717, 1.165) is 16.8 Å². The molecule has 0 saturated carbocycles. The zero-order valence-electron chi connectivity index (χ0n) is 13.1. The fourth-order valence-electron chi connectivity index (χ4n) is 2.22. The summed E-state index contributed by atoms with van der Waals surface area (Å²) < 4.78 is 1.89. The number of carbonyl (C=O) groups is 1. The number of thioether (sulfide) groups is 1. The van der Waals surface area contributed by atoms with E-state index in [4.69, 9.17) is 0 Å². The fourth-order valence-corrected chi connectivity index (χ4v) is 3.04. The molecular formula is C18H17N3OS. The monoisotopic (exact) mass is 323 g/mol. The lowest BCUT2D eigenvalue weighted by Crippen LogP contribution is -2.04. The van der Waals surface area contributed by atoms with Crippen LogP contribution in [-0.4, -0.2) is 26.3 Å². The van der Waals surface area contributed by atoms with Crippen LogP contribution in [0.5, 0.6) is 0 Å². The number of rotatable bonds is 5. The first-order chi connectivity index (χ1) is 11.1. The van der Waals surface area contributed by atoms with Crippen molar-refractivity contribution in [3.05, 3.63) is 71.5 Å². The lowest BCUT2D eigenvalue weighted by atomic mass is 10.0. The normalized spacial score (nSPS) is 10.7. The Morgan fingerprint density at radius 1 is 1.09 bits per heavy atom. The van der Waals surface area contributed by atoms with Gasteiger partial charge in [0.1, 0.15) is 6.33 Å². The predicted molar refractivity (Wildman–Crippen MR) is 92.3 cm³/mol. The molecule has 116 valence electrons. The molecule has 0 N–H and O–H groups in total. The molecule has 0 aliphatic rings. The van der Waals surface area contributed by atoms with Crippen molar-refractivity contribution in [2.45, 2.75) is 19.0 Å². The van der Waals surface area contributed by atoms with Crippen LogP contribution in [0.4, 0.5) is 0 Å². The van der Waals surface area contributed by atoms with Crippen molar-refractivity contribution in [2.24, 2.45) is 0 Å². The van der Waals surface area contributed by atoms with Crippen molar-refractivity contribution in [3.63, 3.8) is 0 Å². The minimum absolute atomic E-state index is 0.0979. The van der Waals surface area contributed by atoms with Gasteiger partial charge in [0.15, 0.2) is 10.9 Å². The quantitative estimate of drug-likeness (QED) is 0.528. The highest BCUT2D eigenvalue weighted by Crippen LogP contribution is 2.21. The first-order valence-corrected chi connectivity index (χ1v) is 8.32. The Morgan fingerprint density at radius 2 is 1.87 bits per heavy atom. The molecule has 3 aromatic rings. The van der Waals surface area contributed by atoms with Crippen LogP contribution in [0.15, 0.2) is 60.0 Å². The number of aromatic nitrogens is 3. The minimum Gasteiger partial charge on any atom is -0.293 e. The second-order valence-corrected chi connectivity index (χ2v) is 6.27. The maximum atomic E-state index is 12.4. The SMILES string of the molecule is Cc1ccc(C(=O)CSc2nncn2-c2ccccc2)cc1C. The fraction of sp³-hybridized carbons (Fsp3) is 0.167.